The number of alkyl halides is 2. The molecule has 3 aromatic rings. The molecule has 0 radical (unpaired) electrons. The van der Waals surface area contributed by atoms with Crippen molar-refractivity contribution < 1.29 is 23.0 Å². The van der Waals surface area contributed by atoms with Crippen molar-refractivity contribution in [3.8, 4) is 11.4 Å². The molecule has 33 heavy (non-hydrogen) atoms. The third-order valence-electron chi connectivity index (χ3n) is 4.69. The third-order valence-corrected chi connectivity index (χ3v) is 5.91. The summed E-state index contributed by atoms with van der Waals surface area (Å²) in [6.07, 6.45) is 0. The van der Waals surface area contributed by atoms with E-state index in [-0.39, 0.29) is 22.4 Å². The molecule has 1 amide bonds. The van der Waals surface area contributed by atoms with Gasteiger partial charge in [-0.3, -0.25) is 9.36 Å². The molecule has 0 saturated carbocycles. The summed E-state index contributed by atoms with van der Waals surface area (Å²) in [5.41, 5.74) is 1.25. The number of carbonyl (C=O) groups is 1. The molecule has 0 bridgehead atoms. The van der Waals surface area contributed by atoms with Gasteiger partial charge in [-0.05, 0) is 30.3 Å². The first-order valence-corrected chi connectivity index (χ1v) is 11.4. The Kier molecular flexibility index (Phi) is 7.63. The van der Waals surface area contributed by atoms with Crippen molar-refractivity contribution >= 4 is 40.9 Å². The minimum atomic E-state index is -2.98. The monoisotopic (exact) mass is 495 g/mol. The standard InChI is InChI=1S/C21H20ClF2N5O3S/c22-16-12-14(6-7-17(16)32-19(23)24)25-18(30)13-33-21-27-26-20(28-8-10-31-11-9-28)29(21)15-4-2-1-3-5-15/h1-7,12,19H,8-11,13H2,(H,25,30). The molecule has 1 N–H and O–H groups in total. The van der Waals surface area contributed by atoms with Crippen LogP contribution in [0.25, 0.3) is 5.69 Å². The molecule has 1 aromatic heterocycles. The summed E-state index contributed by atoms with van der Waals surface area (Å²) in [5.74, 6) is 0.273. The maximum Gasteiger partial charge on any atom is 0.387 e. The average molecular weight is 496 g/mol. The summed E-state index contributed by atoms with van der Waals surface area (Å²) >= 11 is 7.18. The fourth-order valence-corrected chi connectivity index (χ4v) is 4.20. The topological polar surface area (TPSA) is 81.5 Å². The zero-order valence-electron chi connectivity index (χ0n) is 17.3. The van der Waals surface area contributed by atoms with Gasteiger partial charge in [-0.2, -0.15) is 8.78 Å². The number of aromatic nitrogens is 3. The smallest absolute Gasteiger partial charge is 0.387 e. The Morgan fingerprint density at radius 1 is 1.18 bits per heavy atom. The van der Waals surface area contributed by atoms with Crippen LogP contribution >= 0.6 is 23.4 Å². The molecule has 0 unspecified atom stereocenters. The molecule has 0 aliphatic carbocycles. The number of benzene rings is 2. The maximum atomic E-state index is 12.5. The number of thioether (sulfide) groups is 1. The van der Waals surface area contributed by atoms with Gasteiger partial charge in [0, 0.05) is 18.8 Å². The van der Waals surface area contributed by atoms with Crippen LogP contribution in [0.3, 0.4) is 0 Å². The summed E-state index contributed by atoms with van der Waals surface area (Å²) in [6, 6.07) is 13.7. The number of halogens is 3. The van der Waals surface area contributed by atoms with Crippen LogP contribution in [0.5, 0.6) is 5.75 Å². The van der Waals surface area contributed by atoms with Gasteiger partial charge in [0.05, 0.1) is 29.7 Å². The van der Waals surface area contributed by atoms with Crippen LogP contribution in [0.2, 0.25) is 5.02 Å². The highest BCUT2D eigenvalue weighted by molar-refractivity contribution is 7.99. The summed E-state index contributed by atoms with van der Waals surface area (Å²) in [7, 11) is 0. The van der Waals surface area contributed by atoms with E-state index in [1.165, 1.54) is 30.0 Å². The highest BCUT2D eigenvalue weighted by atomic mass is 35.5. The number of rotatable bonds is 8. The van der Waals surface area contributed by atoms with Gasteiger partial charge in [0.1, 0.15) is 5.75 Å². The minimum absolute atomic E-state index is 0.0280. The van der Waals surface area contributed by atoms with E-state index in [1.807, 2.05) is 34.9 Å². The lowest BCUT2D eigenvalue weighted by Gasteiger charge is -2.27. The Balaban J connectivity index is 1.46. The minimum Gasteiger partial charge on any atom is -0.433 e. The third kappa shape index (κ3) is 5.92. The molecule has 12 heteroatoms. The van der Waals surface area contributed by atoms with Gasteiger partial charge in [-0.25, -0.2) is 0 Å². The second-order valence-electron chi connectivity index (χ2n) is 6.91. The first-order chi connectivity index (χ1) is 16.0. The zero-order valence-corrected chi connectivity index (χ0v) is 18.9. The van der Waals surface area contributed by atoms with Gasteiger partial charge in [0.15, 0.2) is 5.16 Å². The molecule has 2 aromatic carbocycles. The number of anilines is 2. The SMILES string of the molecule is O=C(CSc1nnc(N2CCOCC2)n1-c1ccccc1)Nc1ccc(OC(F)F)c(Cl)c1. The number of para-hydroxylation sites is 1. The largest absolute Gasteiger partial charge is 0.433 e. The van der Waals surface area contributed by atoms with Gasteiger partial charge < -0.3 is 19.7 Å². The van der Waals surface area contributed by atoms with Crippen molar-refractivity contribution in [1.82, 2.24) is 14.8 Å². The highest BCUT2D eigenvalue weighted by Gasteiger charge is 2.22. The van der Waals surface area contributed by atoms with Gasteiger partial charge in [0.2, 0.25) is 11.9 Å². The van der Waals surface area contributed by atoms with E-state index >= 15 is 0 Å². The summed E-state index contributed by atoms with van der Waals surface area (Å²) < 4.78 is 36.4. The van der Waals surface area contributed by atoms with E-state index < -0.39 is 6.61 Å². The van der Waals surface area contributed by atoms with Crippen LogP contribution in [0.1, 0.15) is 0 Å². The van der Waals surface area contributed by atoms with E-state index in [1.54, 1.807) is 0 Å². The van der Waals surface area contributed by atoms with Crippen molar-refractivity contribution in [2.75, 3.05) is 42.3 Å². The van der Waals surface area contributed by atoms with Crippen molar-refractivity contribution in [3.63, 3.8) is 0 Å². The predicted molar refractivity (Wildman–Crippen MR) is 122 cm³/mol. The van der Waals surface area contributed by atoms with Crippen LogP contribution in [0.4, 0.5) is 20.4 Å². The molecule has 1 aliphatic heterocycles. The molecule has 0 atom stereocenters. The highest BCUT2D eigenvalue weighted by Crippen LogP contribution is 2.30. The molecule has 1 saturated heterocycles. The number of morpholine rings is 1. The Morgan fingerprint density at radius 2 is 1.94 bits per heavy atom. The van der Waals surface area contributed by atoms with Crippen molar-refractivity contribution in [3.05, 3.63) is 53.6 Å². The molecular formula is C21H20ClF2N5O3S. The van der Waals surface area contributed by atoms with Gasteiger partial charge in [-0.15, -0.1) is 10.2 Å². The zero-order chi connectivity index (χ0) is 23.2. The lowest BCUT2D eigenvalue weighted by molar-refractivity contribution is -0.113. The number of carbonyl (C=O) groups excluding carboxylic acids is 1. The number of ether oxygens (including phenoxy) is 2. The lowest BCUT2D eigenvalue weighted by atomic mass is 10.3. The fraction of sp³-hybridized carbons (Fsp3) is 0.286. The first-order valence-electron chi connectivity index (χ1n) is 10.0. The molecule has 4 rings (SSSR count). The Labute approximate surface area is 197 Å². The van der Waals surface area contributed by atoms with Crippen LogP contribution in [-0.4, -0.2) is 59.3 Å². The Morgan fingerprint density at radius 3 is 2.64 bits per heavy atom. The molecule has 1 aliphatic rings. The van der Waals surface area contributed by atoms with Crippen LogP contribution < -0.4 is 15.0 Å². The summed E-state index contributed by atoms with van der Waals surface area (Å²) in [6.45, 7) is -0.375. The van der Waals surface area contributed by atoms with Gasteiger partial charge in [0.25, 0.3) is 0 Å². The number of hydrogen-bond acceptors (Lipinski definition) is 7. The van der Waals surface area contributed by atoms with Crippen LogP contribution in [0.15, 0.2) is 53.7 Å². The van der Waals surface area contributed by atoms with E-state index in [0.29, 0.717) is 43.1 Å². The van der Waals surface area contributed by atoms with E-state index in [9.17, 15) is 13.6 Å². The lowest BCUT2D eigenvalue weighted by Crippen LogP contribution is -2.37. The summed E-state index contributed by atoms with van der Waals surface area (Å²) in [4.78, 5) is 14.6. The quantitative estimate of drug-likeness (QED) is 0.471. The normalized spacial score (nSPS) is 13.9. The Bertz CT molecular complexity index is 1100. The molecule has 1 fully saturated rings. The molecule has 8 nitrogen and oxygen atoms in total. The van der Waals surface area contributed by atoms with Gasteiger partial charge >= 0.3 is 6.61 Å². The van der Waals surface area contributed by atoms with E-state index in [0.717, 1.165) is 5.69 Å². The van der Waals surface area contributed by atoms with Crippen LogP contribution in [-0.2, 0) is 9.53 Å². The van der Waals surface area contributed by atoms with Crippen molar-refractivity contribution in [2.45, 2.75) is 11.8 Å². The van der Waals surface area contributed by atoms with E-state index in [2.05, 4.69) is 25.2 Å². The number of nitrogens with one attached hydrogen (secondary N) is 1. The summed E-state index contributed by atoms with van der Waals surface area (Å²) in [5, 5.41) is 11.9. The maximum absolute atomic E-state index is 12.5. The van der Waals surface area contributed by atoms with Gasteiger partial charge in [-0.1, -0.05) is 41.6 Å². The average Bonchev–Trinajstić information content (AvgIpc) is 3.24. The Hall–Kier alpha value is -2.89. The number of nitrogens with zero attached hydrogens (tertiary/aromatic N) is 4. The predicted octanol–water partition coefficient (Wildman–Crippen LogP) is 4.09. The van der Waals surface area contributed by atoms with Crippen molar-refractivity contribution in [2.24, 2.45) is 0 Å². The first kappa shape index (κ1) is 23.3. The second kappa shape index (κ2) is 10.8. The number of hydrogen-bond donors (Lipinski definition) is 1. The second-order valence-corrected chi connectivity index (χ2v) is 8.26. The molecule has 2 heterocycles. The molecule has 174 valence electrons. The fourth-order valence-electron chi connectivity index (χ4n) is 3.22. The number of amides is 1. The van der Waals surface area contributed by atoms with Crippen molar-refractivity contribution in [1.29, 1.82) is 0 Å². The molecule has 0 spiro atoms. The van der Waals surface area contributed by atoms with Crippen LogP contribution in [0, 0.1) is 0 Å². The molecular weight excluding hydrogens is 476 g/mol. The van der Waals surface area contributed by atoms with E-state index in [4.69, 9.17) is 16.3 Å².